The molecular formula is C29H50O6. The SMILES string of the molecule is CCC(C)(C)C(=O)OC12CC3CC(O)(CC(O)(C3)C1)C2.CCC1(OC(=O)C(C)(C)CC)CCCC1. The number of aliphatic hydroxyl groups is 2. The molecular weight excluding hydrogens is 444 g/mol. The third-order valence-electron chi connectivity index (χ3n) is 9.61. The number of rotatable bonds is 7. The van der Waals surface area contributed by atoms with Crippen LogP contribution in [0.2, 0.25) is 0 Å². The number of hydrogen-bond acceptors (Lipinski definition) is 6. The van der Waals surface area contributed by atoms with Crippen LogP contribution in [0, 0.1) is 16.7 Å². The first-order chi connectivity index (χ1) is 16.1. The van der Waals surface area contributed by atoms with Gasteiger partial charge in [0, 0.05) is 19.3 Å². The smallest absolute Gasteiger partial charge is 0.312 e. The van der Waals surface area contributed by atoms with Crippen molar-refractivity contribution >= 4 is 11.9 Å². The van der Waals surface area contributed by atoms with E-state index in [9.17, 15) is 19.8 Å². The van der Waals surface area contributed by atoms with Crippen molar-refractivity contribution in [3.8, 4) is 0 Å². The van der Waals surface area contributed by atoms with Gasteiger partial charge in [-0.2, -0.15) is 0 Å². The monoisotopic (exact) mass is 494 g/mol. The van der Waals surface area contributed by atoms with Gasteiger partial charge in [-0.15, -0.1) is 0 Å². The van der Waals surface area contributed by atoms with Crippen LogP contribution in [0.5, 0.6) is 0 Å². The number of carbonyl (C=O) groups is 2. The predicted octanol–water partition coefficient (Wildman–Crippen LogP) is 5.85. The molecule has 35 heavy (non-hydrogen) atoms. The minimum atomic E-state index is -0.842. The Kier molecular flexibility index (Phi) is 7.82. The number of esters is 2. The molecule has 2 N–H and O–H groups in total. The molecule has 0 aromatic carbocycles. The molecule has 2 atom stereocenters. The van der Waals surface area contributed by atoms with Crippen molar-refractivity contribution in [1.29, 1.82) is 0 Å². The number of ether oxygens (including phenoxy) is 2. The van der Waals surface area contributed by atoms with Gasteiger partial charge in [0.15, 0.2) is 0 Å². The van der Waals surface area contributed by atoms with Crippen LogP contribution in [0.3, 0.4) is 0 Å². The third kappa shape index (κ3) is 6.06. The first kappa shape index (κ1) is 28.4. The highest BCUT2D eigenvalue weighted by Crippen LogP contribution is 2.60. The van der Waals surface area contributed by atoms with E-state index < -0.39 is 22.2 Å². The van der Waals surface area contributed by atoms with Crippen LogP contribution in [-0.4, -0.2) is 44.6 Å². The Balaban J connectivity index is 0.000000205. The Bertz CT molecular complexity index is 775. The standard InChI is InChI=1S/C16H26O4.C13H24O2/c1-4-13(2,3)12(17)20-16-7-11-5-14(18,9-16)8-15(19,6-11)10-16;1-5-12(3,4)11(14)15-13(6-2)9-7-8-10-13/h11,18-19H,4-10H2,1-3H3;5-10H2,1-4H3. The lowest BCUT2D eigenvalue weighted by Gasteiger charge is -2.62. The summed E-state index contributed by atoms with van der Waals surface area (Å²) < 4.78 is 11.6. The fourth-order valence-electron chi connectivity index (χ4n) is 6.87. The van der Waals surface area contributed by atoms with Crippen molar-refractivity contribution in [2.75, 3.05) is 0 Å². The highest BCUT2D eigenvalue weighted by Gasteiger charge is 2.64. The zero-order valence-corrected chi connectivity index (χ0v) is 23.3. The van der Waals surface area contributed by atoms with Gasteiger partial charge in [-0.25, -0.2) is 0 Å². The Morgan fingerprint density at radius 3 is 1.63 bits per heavy atom. The molecule has 0 heterocycles. The van der Waals surface area contributed by atoms with E-state index in [0.29, 0.717) is 19.3 Å². The van der Waals surface area contributed by atoms with Crippen molar-refractivity contribution in [2.24, 2.45) is 16.7 Å². The van der Waals surface area contributed by atoms with Crippen molar-refractivity contribution < 1.29 is 29.3 Å². The molecule has 0 aliphatic heterocycles. The fraction of sp³-hybridized carbons (Fsp3) is 0.931. The van der Waals surface area contributed by atoms with Crippen molar-refractivity contribution in [1.82, 2.24) is 0 Å². The lowest BCUT2D eigenvalue weighted by Crippen LogP contribution is -2.67. The summed E-state index contributed by atoms with van der Waals surface area (Å²) in [5.74, 6) is 0.0571. The van der Waals surface area contributed by atoms with Gasteiger partial charge >= 0.3 is 11.9 Å². The lowest BCUT2D eigenvalue weighted by molar-refractivity contribution is -0.264. The second kappa shape index (κ2) is 9.63. The van der Waals surface area contributed by atoms with Gasteiger partial charge in [0.2, 0.25) is 0 Å². The second-order valence-electron chi connectivity index (χ2n) is 13.6. The molecule has 0 saturated heterocycles. The largest absolute Gasteiger partial charge is 0.459 e. The van der Waals surface area contributed by atoms with E-state index in [4.69, 9.17) is 9.47 Å². The van der Waals surface area contributed by atoms with Gasteiger partial charge in [0.1, 0.15) is 11.2 Å². The molecule has 5 rings (SSSR count). The summed E-state index contributed by atoms with van der Waals surface area (Å²) in [6.07, 6.45) is 10.7. The molecule has 202 valence electrons. The summed E-state index contributed by atoms with van der Waals surface area (Å²) in [6, 6.07) is 0. The lowest BCUT2D eigenvalue weighted by atomic mass is 9.50. The first-order valence-corrected chi connectivity index (χ1v) is 14.0. The molecule has 0 radical (unpaired) electrons. The van der Waals surface area contributed by atoms with E-state index in [0.717, 1.165) is 51.4 Å². The summed E-state index contributed by atoms with van der Waals surface area (Å²) in [5.41, 5.74) is -3.30. The highest BCUT2D eigenvalue weighted by atomic mass is 16.6. The van der Waals surface area contributed by atoms with Crippen LogP contribution in [0.15, 0.2) is 0 Å². The van der Waals surface area contributed by atoms with Crippen LogP contribution in [0.4, 0.5) is 0 Å². The van der Waals surface area contributed by atoms with Crippen LogP contribution in [-0.2, 0) is 19.1 Å². The van der Waals surface area contributed by atoms with E-state index >= 15 is 0 Å². The molecule has 5 saturated carbocycles. The molecule has 6 nitrogen and oxygen atoms in total. The third-order valence-corrected chi connectivity index (χ3v) is 9.61. The second-order valence-corrected chi connectivity index (χ2v) is 13.6. The van der Waals surface area contributed by atoms with Crippen molar-refractivity contribution in [3.05, 3.63) is 0 Å². The molecule has 5 aliphatic carbocycles. The molecule has 2 unspecified atom stereocenters. The van der Waals surface area contributed by atoms with E-state index in [1.165, 1.54) is 12.8 Å². The summed E-state index contributed by atoms with van der Waals surface area (Å²) >= 11 is 0. The average Bonchev–Trinajstić information content (AvgIpc) is 3.20. The summed E-state index contributed by atoms with van der Waals surface area (Å²) in [5, 5.41) is 21.3. The normalized spacial score (nSPS) is 35.3. The predicted molar refractivity (Wildman–Crippen MR) is 136 cm³/mol. The minimum absolute atomic E-state index is 0.0197. The van der Waals surface area contributed by atoms with Crippen LogP contribution >= 0.6 is 0 Å². The van der Waals surface area contributed by atoms with Gasteiger partial charge in [-0.05, 0) is 97.8 Å². The number of hydrogen-bond donors (Lipinski definition) is 2. The molecule has 5 aliphatic rings. The highest BCUT2D eigenvalue weighted by molar-refractivity contribution is 5.76. The molecule has 6 heteroatoms. The molecule has 5 fully saturated rings. The number of carbonyl (C=O) groups excluding carboxylic acids is 2. The van der Waals surface area contributed by atoms with Gasteiger partial charge in [0.05, 0.1) is 22.0 Å². The van der Waals surface area contributed by atoms with E-state index in [-0.39, 0.29) is 28.9 Å². The zero-order valence-electron chi connectivity index (χ0n) is 23.3. The fourth-order valence-corrected chi connectivity index (χ4v) is 6.87. The van der Waals surface area contributed by atoms with E-state index in [2.05, 4.69) is 6.92 Å². The van der Waals surface area contributed by atoms with Gasteiger partial charge in [-0.1, -0.05) is 20.8 Å². The van der Waals surface area contributed by atoms with E-state index in [1.807, 2.05) is 41.5 Å². The van der Waals surface area contributed by atoms with Gasteiger partial charge in [-0.3, -0.25) is 9.59 Å². The summed E-state index contributed by atoms with van der Waals surface area (Å²) in [4.78, 5) is 24.4. The first-order valence-electron chi connectivity index (χ1n) is 14.0. The van der Waals surface area contributed by atoms with Crippen LogP contribution < -0.4 is 0 Å². The quantitative estimate of drug-likeness (QED) is 0.431. The maximum absolute atomic E-state index is 12.4. The molecule has 0 spiro atoms. The zero-order chi connectivity index (χ0) is 26.3. The topological polar surface area (TPSA) is 93.1 Å². The Labute approximate surface area is 212 Å². The summed E-state index contributed by atoms with van der Waals surface area (Å²) in [7, 11) is 0. The van der Waals surface area contributed by atoms with E-state index in [1.54, 1.807) is 0 Å². The van der Waals surface area contributed by atoms with Gasteiger partial charge in [0.25, 0.3) is 0 Å². The van der Waals surface area contributed by atoms with Crippen molar-refractivity contribution in [2.45, 2.75) is 154 Å². The summed E-state index contributed by atoms with van der Waals surface area (Å²) in [6.45, 7) is 13.8. The van der Waals surface area contributed by atoms with Crippen LogP contribution in [0.1, 0.15) is 132 Å². The maximum Gasteiger partial charge on any atom is 0.312 e. The van der Waals surface area contributed by atoms with Crippen LogP contribution in [0.25, 0.3) is 0 Å². The van der Waals surface area contributed by atoms with Crippen molar-refractivity contribution in [3.63, 3.8) is 0 Å². The maximum atomic E-state index is 12.4. The average molecular weight is 495 g/mol. The Hall–Kier alpha value is -1.14. The Morgan fingerprint density at radius 1 is 0.771 bits per heavy atom. The van der Waals surface area contributed by atoms with Gasteiger partial charge < -0.3 is 19.7 Å². The minimum Gasteiger partial charge on any atom is -0.459 e. The molecule has 0 aromatic rings. The molecule has 0 amide bonds. The Morgan fingerprint density at radius 2 is 1.23 bits per heavy atom. The molecule has 4 bridgehead atoms. The molecule has 0 aromatic heterocycles.